The SMILES string of the molecule is O=c1oc2cc(F)ccc2n1CO. The summed E-state index contributed by atoms with van der Waals surface area (Å²) in [5.41, 5.74) is 0.521. The lowest BCUT2D eigenvalue weighted by Crippen LogP contribution is -2.13. The Hall–Kier alpha value is -1.62. The van der Waals surface area contributed by atoms with Crippen molar-refractivity contribution in [1.82, 2.24) is 4.57 Å². The van der Waals surface area contributed by atoms with Crippen LogP contribution in [0, 0.1) is 5.82 Å². The molecule has 1 N–H and O–H groups in total. The third-order valence-electron chi connectivity index (χ3n) is 1.77. The maximum atomic E-state index is 12.6. The first-order chi connectivity index (χ1) is 6.22. The second-order valence-electron chi connectivity index (χ2n) is 2.55. The number of rotatable bonds is 1. The molecule has 1 aromatic carbocycles. The average Bonchev–Trinajstić information content (AvgIpc) is 2.39. The Morgan fingerprint density at radius 2 is 2.31 bits per heavy atom. The number of aliphatic hydroxyl groups is 1. The third-order valence-corrected chi connectivity index (χ3v) is 1.77. The summed E-state index contributed by atoms with van der Waals surface area (Å²) < 4.78 is 18.3. The van der Waals surface area contributed by atoms with E-state index in [1.807, 2.05) is 0 Å². The van der Waals surface area contributed by atoms with E-state index in [0.29, 0.717) is 5.52 Å². The van der Waals surface area contributed by atoms with Crippen LogP contribution in [-0.4, -0.2) is 9.67 Å². The minimum absolute atomic E-state index is 0.138. The fourth-order valence-corrected chi connectivity index (χ4v) is 1.17. The van der Waals surface area contributed by atoms with E-state index in [4.69, 9.17) is 5.11 Å². The standard InChI is InChI=1S/C8H6FNO3/c9-5-1-2-6-7(3-5)13-8(12)10(6)4-11/h1-3,11H,4H2. The molecule has 68 valence electrons. The molecule has 0 saturated carbocycles. The predicted octanol–water partition coefficient (Wildman–Crippen LogP) is 0.683. The number of aromatic nitrogens is 1. The zero-order chi connectivity index (χ0) is 9.42. The van der Waals surface area contributed by atoms with Crippen LogP contribution >= 0.6 is 0 Å². The monoisotopic (exact) mass is 183 g/mol. The molecule has 0 unspecified atom stereocenters. The van der Waals surface area contributed by atoms with Gasteiger partial charge in [0.1, 0.15) is 12.5 Å². The number of hydrogen-bond donors (Lipinski definition) is 1. The zero-order valence-electron chi connectivity index (χ0n) is 6.53. The molecule has 0 saturated heterocycles. The van der Waals surface area contributed by atoms with Crippen LogP contribution in [-0.2, 0) is 6.73 Å². The first kappa shape index (κ1) is 8.00. The summed E-state index contributed by atoms with van der Waals surface area (Å²) in [6, 6.07) is 3.68. The molecule has 0 radical (unpaired) electrons. The fraction of sp³-hybridized carbons (Fsp3) is 0.125. The molecular weight excluding hydrogens is 177 g/mol. The third kappa shape index (κ3) is 1.13. The van der Waals surface area contributed by atoms with E-state index in [-0.39, 0.29) is 5.58 Å². The van der Waals surface area contributed by atoms with E-state index in [1.54, 1.807) is 0 Å². The van der Waals surface area contributed by atoms with E-state index in [1.165, 1.54) is 12.1 Å². The van der Waals surface area contributed by atoms with Crippen LogP contribution in [0.1, 0.15) is 0 Å². The van der Waals surface area contributed by atoms with E-state index < -0.39 is 18.3 Å². The van der Waals surface area contributed by atoms with Gasteiger partial charge in [-0.3, -0.25) is 4.57 Å². The second kappa shape index (κ2) is 2.70. The summed E-state index contributed by atoms with van der Waals surface area (Å²) in [5.74, 6) is -1.17. The van der Waals surface area contributed by atoms with Gasteiger partial charge in [-0.15, -0.1) is 0 Å². The molecule has 13 heavy (non-hydrogen) atoms. The van der Waals surface area contributed by atoms with Crippen LogP contribution in [0.4, 0.5) is 4.39 Å². The minimum Gasteiger partial charge on any atom is -0.408 e. The number of nitrogens with zero attached hydrogens (tertiary/aromatic N) is 1. The zero-order valence-corrected chi connectivity index (χ0v) is 6.53. The molecule has 0 spiro atoms. The van der Waals surface area contributed by atoms with Crippen molar-refractivity contribution in [3.05, 3.63) is 34.6 Å². The van der Waals surface area contributed by atoms with Gasteiger partial charge in [0.05, 0.1) is 5.52 Å². The van der Waals surface area contributed by atoms with Crippen LogP contribution in [0.2, 0.25) is 0 Å². The van der Waals surface area contributed by atoms with E-state index in [0.717, 1.165) is 10.6 Å². The molecule has 4 nitrogen and oxygen atoms in total. The predicted molar refractivity (Wildman–Crippen MR) is 42.7 cm³/mol. The van der Waals surface area contributed by atoms with Gasteiger partial charge in [-0.2, -0.15) is 0 Å². The lowest BCUT2D eigenvalue weighted by molar-refractivity contribution is 0.204. The molecule has 0 aliphatic carbocycles. The molecule has 1 heterocycles. The molecule has 2 rings (SSSR count). The van der Waals surface area contributed by atoms with Gasteiger partial charge in [-0.1, -0.05) is 0 Å². The van der Waals surface area contributed by atoms with E-state index in [9.17, 15) is 9.18 Å². The van der Waals surface area contributed by atoms with Crippen LogP contribution in [0.15, 0.2) is 27.4 Å². The molecule has 5 heteroatoms. The molecule has 0 fully saturated rings. The highest BCUT2D eigenvalue weighted by Crippen LogP contribution is 2.13. The Labute approximate surface area is 71.8 Å². The lowest BCUT2D eigenvalue weighted by atomic mass is 10.3. The van der Waals surface area contributed by atoms with Crippen molar-refractivity contribution in [3.8, 4) is 0 Å². The summed E-state index contributed by atoms with van der Waals surface area (Å²) in [4.78, 5) is 11.0. The quantitative estimate of drug-likeness (QED) is 0.707. The molecule has 2 aromatic rings. The van der Waals surface area contributed by atoms with Crippen LogP contribution in [0.25, 0.3) is 11.1 Å². The Morgan fingerprint density at radius 1 is 1.54 bits per heavy atom. The number of fused-ring (bicyclic) bond motifs is 1. The first-order valence-electron chi connectivity index (χ1n) is 3.62. The minimum atomic E-state index is -0.692. The first-order valence-corrected chi connectivity index (χ1v) is 3.62. The largest absolute Gasteiger partial charge is 0.421 e. The van der Waals surface area contributed by atoms with Gasteiger partial charge in [0, 0.05) is 6.07 Å². The second-order valence-corrected chi connectivity index (χ2v) is 2.55. The topological polar surface area (TPSA) is 55.4 Å². The van der Waals surface area contributed by atoms with E-state index in [2.05, 4.69) is 4.42 Å². The summed E-state index contributed by atoms with van der Waals surface area (Å²) in [7, 11) is 0. The van der Waals surface area contributed by atoms with Gasteiger partial charge in [0.2, 0.25) is 0 Å². The molecule has 0 bridgehead atoms. The van der Waals surface area contributed by atoms with Crippen LogP contribution < -0.4 is 5.76 Å². The lowest BCUT2D eigenvalue weighted by Gasteiger charge is -1.93. The maximum absolute atomic E-state index is 12.6. The Morgan fingerprint density at radius 3 is 3.00 bits per heavy atom. The normalized spacial score (nSPS) is 10.9. The Balaban J connectivity index is 2.87. The van der Waals surface area contributed by atoms with E-state index >= 15 is 0 Å². The van der Waals surface area contributed by atoms with Crippen molar-refractivity contribution >= 4 is 11.1 Å². The fourth-order valence-electron chi connectivity index (χ4n) is 1.17. The number of oxazole rings is 1. The molecule has 0 amide bonds. The average molecular weight is 183 g/mol. The summed E-state index contributed by atoms with van der Waals surface area (Å²) in [5, 5.41) is 8.78. The molecule has 0 atom stereocenters. The number of benzene rings is 1. The van der Waals surface area contributed by atoms with Crippen LogP contribution in [0.3, 0.4) is 0 Å². The van der Waals surface area contributed by atoms with Crippen molar-refractivity contribution in [2.24, 2.45) is 0 Å². The van der Waals surface area contributed by atoms with Gasteiger partial charge < -0.3 is 9.52 Å². The van der Waals surface area contributed by atoms with Gasteiger partial charge in [-0.05, 0) is 12.1 Å². The van der Waals surface area contributed by atoms with Crippen molar-refractivity contribution in [2.45, 2.75) is 6.73 Å². The van der Waals surface area contributed by atoms with Gasteiger partial charge in [-0.25, -0.2) is 9.18 Å². The summed E-state index contributed by atoms with van der Waals surface area (Å²) >= 11 is 0. The van der Waals surface area contributed by atoms with Crippen molar-refractivity contribution in [2.75, 3.05) is 0 Å². The van der Waals surface area contributed by atoms with Gasteiger partial charge >= 0.3 is 5.76 Å². The Kier molecular flexibility index (Phi) is 1.66. The highest BCUT2D eigenvalue weighted by atomic mass is 19.1. The van der Waals surface area contributed by atoms with Crippen molar-refractivity contribution in [3.63, 3.8) is 0 Å². The van der Waals surface area contributed by atoms with Crippen molar-refractivity contribution < 1.29 is 13.9 Å². The Bertz CT molecular complexity index is 500. The molecule has 1 aromatic heterocycles. The molecular formula is C8H6FNO3. The highest BCUT2D eigenvalue weighted by Gasteiger charge is 2.07. The van der Waals surface area contributed by atoms with Gasteiger partial charge in [0.15, 0.2) is 5.58 Å². The summed E-state index contributed by atoms with van der Waals surface area (Å²) in [6.45, 7) is -0.475. The number of halogens is 1. The molecule has 0 aliphatic rings. The van der Waals surface area contributed by atoms with Gasteiger partial charge in [0.25, 0.3) is 0 Å². The summed E-state index contributed by atoms with van der Waals surface area (Å²) in [6.07, 6.45) is 0. The highest BCUT2D eigenvalue weighted by molar-refractivity contribution is 5.72. The van der Waals surface area contributed by atoms with Crippen molar-refractivity contribution in [1.29, 1.82) is 0 Å². The number of aliphatic hydroxyl groups excluding tert-OH is 1. The molecule has 0 aliphatic heterocycles. The maximum Gasteiger partial charge on any atom is 0.421 e. The smallest absolute Gasteiger partial charge is 0.408 e. The number of hydrogen-bond acceptors (Lipinski definition) is 3. The van der Waals surface area contributed by atoms with Crippen LogP contribution in [0.5, 0.6) is 0 Å².